The van der Waals surface area contributed by atoms with Crippen LogP contribution in [0.25, 0.3) is 0 Å². The summed E-state index contributed by atoms with van der Waals surface area (Å²) in [5, 5.41) is 11.7. The minimum absolute atomic E-state index is 0.270. The van der Waals surface area contributed by atoms with Crippen molar-refractivity contribution in [3.8, 4) is 17.6 Å². The summed E-state index contributed by atoms with van der Waals surface area (Å²) in [5.74, 6) is 0.885. The first-order valence-electron chi connectivity index (χ1n) is 5.60. The van der Waals surface area contributed by atoms with E-state index in [1.54, 1.807) is 25.3 Å². The maximum atomic E-state index is 11.9. The lowest BCUT2D eigenvalue weighted by atomic mass is 10.1. The molecule has 1 fully saturated rings. The molecule has 0 saturated heterocycles. The lowest BCUT2D eigenvalue weighted by molar-refractivity contribution is -0.119. The number of carbonyl (C=O) groups is 1. The van der Waals surface area contributed by atoms with Gasteiger partial charge >= 0.3 is 0 Å². The van der Waals surface area contributed by atoms with Gasteiger partial charge < -0.3 is 14.8 Å². The van der Waals surface area contributed by atoms with E-state index < -0.39 is 5.41 Å². The lowest BCUT2D eigenvalue weighted by Crippen LogP contribution is -2.22. The van der Waals surface area contributed by atoms with Gasteiger partial charge in [0.25, 0.3) is 0 Å². The summed E-state index contributed by atoms with van der Waals surface area (Å²) in [6.07, 6.45) is 1.24. The second kappa shape index (κ2) is 4.57. The fourth-order valence-corrected chi connectivity index (χ4v) is 1.66. The molecule has 1 amide bonds. The van der Waals surface area contributed by atoms with Crippen LogP contribution in [0.5, 0.6) is 11.5 Å². The van der Waals surface area contributed by atoms with Gasteiger partial charge in [-0.3, -0.25) is 4.79 Å². The number of nitrogens with zero attached hydrogens (tertiary/aromatic N) is 1. The zero-order valence-electron chi connectivity index (χ0n) is 10.3. The van der Waals surface area contributed by atoms with Crippen LogP contribution in [0, 0.1) is 16.7 Å². The molecule has 94 valence electrons. The minimum Gasteiger partial charge on any atom is -0.497 e. The highest BCUT2D eigenvalue weighted by Crippen LogP contribution is 2.46. The number of amides is 1. The van der Waals surface area contributed by atoms with Crippen molar-refractivity contribution in [3.63, 3.8) is 0 Å². The molecule has 1 aliphatic rings. The highest BCUT2D eigenvalue weighted by Gasteiger charge is 2.50. The molecule has 0 aromatic heterocycles. The van der Waals surface area contributed by atoms with Crippen LogP contribution in [0.3, 0.4) is 0 Å². The first-order chi connectivity index (χ1) is 8.65. The monoisotopic (exact) mass is 246 g/mol. The number of carbonyl (C=O) groups excluding carboxylic acids is 1. The third-order valence-electron chi connectivity index (χ3n) is 3.06. The summed E-state index contributed by atoms with van der Waals surface area (Å²) >= 11 is 0. The molecule has 1 aliphatic carbocycles. The number of rotatable bonds is 4. The van der Waals surface area contributed by atoms with Gasteiger partial charge in [-0.25, -0.2) is 0 Å². The van der Waals surface area contributed by atoms with Crippen LogP contribution in [-0.2, 0) is 4.79 Å². The molecule has 1 aromatic rings. The zero-order valence-corrected chi connectivity index (χ0v) is 10.3. The van der Waals surface area contributed by atoms with E-state index in [1.165, 1.54) is 7.11 Å². The number of anilines is 1. The van der Waals surface area contributed by atoms with Crippen molar-refractivity contribution in [2.45, 2.75) is 12.8 Å². The van der Waals surface area contributed by atoms with Crippen LogP contribution in [0.2, 0.25) is 0 Å². The van der Waals surface area contributed by atoms with E-state index >= 15 is 0 Å². The number of ether oxygens (including phenoxy) is 2. The summed E-state index contributed by atoms with van der Waals surface area (Å²) in [6, 6.07) is 7.16. The van der Waals surface area contributed by atoms with Gasteiger partial charge in [0.05, 0.1) is 26.0 Å². The van der Waals surface area contributed by atoms with Crippen LogP contribution in [0.1, 0.15) is 12.8 Å². The second-order valence-corrected chi connectivity index (χ2v) is 4.21. The predicted molar refractivity (Wildman–Crippen MR) is 65.5 cm³/mol. The molecule has 5 heteroatoms. The zero-order chi connectivity index (χ0) is 13.2. The fourth-order valence-electron chi connectivity index (χ4n) is 1.66. The van der Waals surface area contributed by atoms with Crippen LogP contribution >= 0.6 is 0 Å². The molecular weight excluding hydrogens is 232 g/mol. The molecule has 5 nitrogen and oxygen atoms in total. The standard InChI is InChI=1S/C13H14N2O3/c1-17-9-3-4-10(11(7-9)18-2)15-12(16)13(8-14)5-6-13/h3-4,7H,5-6H2,1-2H3,(H,15,16). The Morgan fingerprint density at radius 1 is 1.39 bits per heavy atom. The van der Waals surface area contributed by atoms with E-state index in [2.05, 4.69) is 11.4 Å². The van der Waals surface area contributed by atoms with E-state index in [0.29, 0.717) is 30.0 Å². The van der Waals surface area contributed by atoms with E-state index in [-0.39, 0.29) is 5.91 Å². The normalized spacial score (nSPS) is 15.4. The first kappa shape index (κ1) is 12.2. The lowest BCUT2D eigenvalue weighted by Gasteiger charge is -2.13. The largest absolute Gasteiger partial charge is 0.497 e. The molecule has 0 heterocycles. The third kappa shape index (κ3) is 2.09. The number of methoxy groups -OCH3 is 2. The summed E-state index contributed by atoms with van der Waals surface area (Å²) in [4.78, 5) is 11.9. The van der Waals surface area contributed by atoms with Crippen LogP contribution in [-0.4, -0.2) is 20.1 Å². The average Bonchev–Trinajstić information content (AvgIpc) is 3.20. The van der Waals surface area contributed by atoms with Crippen molar-refractivity contribution in [2.24, 2.45) is 5.41 Å². The average molecular weight is 246 g/mol. The Kier molecular flexibility index (Phi) is 3.11. The minimum atomic E-state index is -0.842. The second-order valence-electron chi connectivity index (χ2n) is 4.21. The fraction of sp³-hybridized carbons (Fsp3) is 0.385. The van der Waals surface area contributed by atoms with E-state index in [4.69, 9.17) is 14.7 Å². The third-order valence-corrected chi connectivity index (χ3v) is 3.06. The molecule has 0 bridgehead atoms. The van der Waals surface area contributed by atoms with Gasteiger partial charge in [-0.15, -0.1) is 0 Å². The molecular formula is C13H14N2O3. The Hall–Kier alpha value is -2.22. The molecule has 0 spiro atoms. The smallest absolute Gasteiger partial charge is 0.244 e. The SMILES string of the molecule is COc1ccc(NC(=O)C2(C#N)CC2)c(OC)c1. The van der Waals surface area contributed by atoms with Crippen molar-refractivity contribution in [2.75, 3.05) is 19.5 Å². The van der Waals surface area contributed by atoms with Gasteiger partial charge in [0.2, 0.25) is 5.91 Å². The van der Waals surface area contributed by atoms with Crippen LogP contribution in [0.4, 0.5) is 5.69 Å². The van der Waals surface area contributed by atoms with Crippen molar-refractivity contribution in [1.82, 2.24) is 0 Å². The molecule has 1 saturated carbocycles. The number of nitrogens with one attached hydrogen (secondary N) is 1. The summed E-state index contributed by atoms with van der Waals surface area (Å²) < 4.78 is 10.3. The van der Waals surface area contributed by atoms with Crippen molar-refractivity contribution in [3.05, 3.63) is 18.2 Å². The Labute approximate surface area is 105 Å². The first-order valence-corrected chi connectivity index (χ1v) is 5.60. The van der Waals surface area contributed by atoms with Crippen LogP contribution in [0.15, 0.2) is 18.2 Å². The van der Waals surface area contributed by atoms with E-state index in [0.717, 1.165) is 0 Å². The molecule has 2 rings (SSSR count). The molecule has 0 aliphatic heterocycles. The number of hydrogen-bond donors (Lipinski definition) is 1. The van der Waals surface area contributed by atoms with Gasteiger partial charge in [-0.1, -0.05) is 0 Å². The van der Waals surface area contributed by atoms with E-state index in [9.17, 15) is 4.79 Å². The summed E-state index contributed by atoms with van der Waals surface area (Å²) in [5.41, 5.74) is -0.296. The number of hydrogen-bond acceptors (Lipinski definition) is 4. The molecule has 1 aromatic carbocycles. The molecule has 1 N–H and O–H groups in total. The summed E-state index contributed by atoms with van der Waals surface area (Å²) in [7, 11) is 3.07. The maximum absolute atomic E-state index is 11.9. The van der Waals surface area contributed by atoms with Crippen molar-refractivity contribution >= 4 is 11.6 Å². The Morgan fingerprint density at radius 2 is 2.11 bits per heavy atom. The summed E-state index contributed by atoms with van der Waals surface area (Å²) in [6.45, 7) is 0. The van der Waals surface area contributed by atoms with Gasteiger partial charge in [0.1, 0.15) is 16.9 Å². The number of nitriles is 1. The van der Waals surface area contributed by atoms with Gasteiger partial charge in [-0.05, 0) is 25.0 Å². The number of benzene rings is 1. The van der Waals surface area contributed by atoms with Gasteiger partial charge in [0, 0.05) is 6.07 Å². The van der Waals surface area contributed by atoms with Crippen molar-refractivity contribution in [1.29, 1.82) is 5.26 Å². The predicted octanol–water partition coefficient (Wildman–Crippen LogP) is 1.95. The maximum Gasteiger partial charge on any atom is 0.244 e. The Morgan fingerprint density at radius 3 is 2.61 bits per heavy atom. The molecule has 0 unspecified atom stereocenters. The Bertz CT molecular complexity index is 515. The van der Waals surface area contributed by atoms with Crippen molar-refractivity contribution < 1.29 is 14.3 Å². The molecule has 0 radical (unpaired) electrons. The molecule has 18 heavy (non-hydrogen) atoms. The highest BCUT2D eigenvalue weighted by molar-refractivity contribution is 6.00. The topological polar surface area (TPSA) is 71.3 Å². The Balaban J connectivity index is 2.19. The highest BCUT2D eigenvalue weighted by atomic mass is 16.5. The quantitative estimate of drug-likeness (QED) is 0.881. The molecule has 0 atom stereocenters. The van der Waals surface area contributed by atoms with Gasteiger partial charge in [0.15, 0.2) is 0 Å². The van der Waals surface area contributed by atoms with Crippen LogP contribution < -0.4 is 14.8 Å². The van der Waals surface area contributed by atoms with Gasteiger partial charge in [-0.2, -0.15) is 5.26 Å². The van der Waals surface area contributed by atoms with E-state index in [1.807, 2.05) is 0 Å².